The van der Waals surface area contributed by atoms with Crippen molar-refractivity contribution in [1.29, 1.82) is 0 Å². The highest BCUT2D eigenvalue weighted by atomic mass is 19.4. The first-order valence-corrected chi connectivity index (χ1v) is 13.0. The summed E-state index contributed by atoms with van der Waals surface area (Å²) in [7, 11) is 1.49. The second kappa shape index (κ2) is 11.6. The van der Waals surface area contributed by atoms with Crippen LogP contribution in [0, 0.1) is 19.8 Å². The molecule has 0 aliphatic carbocycles. The van der Waals surface area contributed by atoms with Crippen LogP contribution >= 0.6 is 0 Å². The largest absolute Gasteiger partial charge is 0.496 e. The Hall–Kier alpha value is -3.27. The van der Waals surface area contributed by atoms with Crippen molar-refractivity contribution in [3.63, 3.8) is 0 Å². The summed E-state index contributed by atoms with van der Waals surface area (Å²) in [5, 5.41) is 3.74. The number of fused-ring (bicyclic) bond motifs is 1. The molecule has 7 nitrogen and oxygen atoms in total. The molecule has 38 heavy (non-hydrogen) atoms. The summed E-state index contributed by atoms with van der Waals surface area (Å²) in [6.07, 6.45) is -2.91. The Morgan fingerprint density at radius 3 is 2.58 bits per heavy atom. The van der Waals surface area contributed by atoms with Gasteiger partial charge in [-0.05, 0) is 70.8 Å². The number of piperidine rings is 1. The van der Waals surface area contributed by atoms with Gasteiger partial charge in [-0.1, -0.05) is 18.2 Å². The summed E-state index contributed by atoms with van der Waals surface area (Å²) in [5.41, 5.74) is 3.12. The van der Waals surface area contributed by atoms with E-state index in [0.29, 0.717) is 35.0 Å². The smallest absolute Gasteiger partial charge is 0.389 e. The molecule has 1 aromatic carbocycles. The lowest BCUT2D eigenvalue weighted by molar-refractivity contribution is -0.136. The Morgan fingerprint density at radius 1 is 1.18 bits per heavy atom. The Labute approximate surface area is 220 Å². The lowest BCUT2D eigenvalue weighted by Crippen LogP contribution is -2.36. The van der Waals surface area contributed by atoms with Gasteiger partial charge in [0.2, 0.25) is 0 Å². The lowest BCUT2D eigenvalue weighted by Gasteiger charge is -2.32. The molecule has 3 heterocycles. The van der Waals surface area contributed by atoms with Crippen molar-refractivity contribution < 1.29 is 22.7 Å². The van der Waals surface area contributed by atoms with Crippen molar-refractivity contribution in [3.05, 3.63) is 63.2 Å². The normalized spacial score (nSPS) is 15.2. The number of carbonyl (C=O) groups is 1. The fourth-order valence-electron chi connectivity index (χ4n) is 5.40. The molecule has 0 unspecified atom stereocenters. The Bertz CT molecular complexity index is 1340. The first kappa shape index (κ1) is 27.8. The highest BCUT2D eigenvalue weighted by Gasteiger charge is 2.28. The number of hydrogen-bond donors (Lipinski definition) is 2. The molecule has 4 rings (SSSR count). The zero-order valence-corrected chi connectivity index (χ0v) is 22.1. The van der Waals surface area contributed by atoms with Crippen LogP contribution in [0.2, 0.25) is 0 Å². The number of H-pyrrole nitrogens is 1. The SMILES string of the molecule is COc1cc(C)[nH]c(=O)c1CNC(=O)c1c(C)n(CC2CCN(CCCC(F)(F)F)CC2)c2ccccc12. The maximum absolute atomic E-state index is 13.4. The number of alkyl halides is 3. The second-order valence-electron chi connectivity index (χ2n) is 10.1. The Balaban J connectivity index is 1.46. The van der Waals surface area contributed by atoms with Gasteiger partial charge < -0.3 is 24.5 Å². The number of nitrogens with one attached hydrogen (secondary N) is 2. The first-order valence-electron chi connectivity index (χ1n) is 13.0. The Morgan fingerprint density at radius 2 is 1.89 bits per heavy atom. The Kier molecular flexibility index (Phi) is 8.50. The van der Waals surface area contributed by atoms with Crippen LogP contribution in [0.25, 0.3) is 10.9 Å². The lowest BCUT2D eigenvalue weighted by atomic mass is 9.96. The highest BCUT2D eigenvalue weighted by molar-refractivity contribution is 6.08. The second-order valence-corrected chi connectivity index (χ2v) is 10.1. The number of aromatic amines is 1. The predicted octanol–water partition coefficient (Wildman–Crippen LogP) is 4.94. The van der Waals surface area contributed by atoms with Crippen molar-refractivity contribution in [3.8, 4) is 5.75 Å². The third-order valence-corrected chi connectivity index (χ3v) is 7.42. The first-order chi connectivity index (χ1) is 18.1. The van der Waals surface area contributed by atoms with Crippen molar-refractivity contribution in [1.82, 2.24) is 19.8 Å². The fraction of sp³-hybridized carbons (Fsp3) is 0.500. The number of likely N-dealkylation sites (tertiary alicyclic amines) is 1. The maximum Gasteiger partial charge on any atom is 0.389 e. The molecule has 1 aliphatic rings. The van der Waals surface area contributed by atoms with Crippen molar-refractivity contribution in [2.45, 2.75) is 58.8 Å². The van der Waals surface area contributed by atoms with E-state index in [4.69, 9.17) is 4.74 Å². The molecule has 1 amide bonds. The molecule has 0 saturated carbocycles. The number of halogens is 3. The number of amides is 1. The molecule has 2 aromatic heterocycles. The van der Waals surface area contributed by atoms with Gasteiger partial charge in [0.1, 0.15) is 5.75 Å². The molecule has 3 aromatic rings. The van der Waals surface area contributed by atoms with E-state index in [1.807, 2.05) is 31.2 Å². The van der Waals surface area contributed by atoms with Crippen LogP contribution in [0.5, 0.6) is 5.75 Å². The van der Waals surface area contributed by atoms with Gasteiger partial charge in [-0.3, -0.25) is 9.59 Å². The van der Waals surface area contributed by atoms with E-state index in [-0.39, 0.29) is 24.4 Å². The van der Waals surface area contributed by atoms with Crippen LogP contribution in [0.15, 0.2) is 35.1 Å². The van der Waals surface area contributed by atoms with Gasteiger partial charge in [0.05, 0.1) is 24.8 Å². The van der Waals surface area contributed by atoms with Crippen LogP contribution < -0.4 is 15.6 Å². The zero-order chi connectivity index (χ0) is 27.4. The molecule has 10 heteroatoms. The minimum absolute atomic E-state index is 0.0311. The molecular formula is C28H35F3N4O3. The van der Waals surface area contributed by atoms with E-state index in [2.05, 4.69) is 19.8 Å². The van der Waals surface area contributed by atoms with E-state index in [9.17, 15) is 22.8 Å². The van der Waals surface area contributed by atoms with E-state index < -0.39 is 12.6 Å². The number of methoxy groups -OCH3 is 1. The molecule has 0 bridgehead atoms. The van der Waals surface area contributed by atoms with Crippen molar-refractivity contribution >= 4 is 16.8 Å². The summed E-state index contributed by atoms with van der Waals surface area (Å²) >= 11 is 0. The number of para-hydroxylation sites is 1. The number of ether oxygens (including phenoxy) is 1. The van der Waals surface area contributed by atoms with Gasteiger partial charge in [0.25, 0.3) is 11.5 Å². The van der Waals surface area contributed by atoms with Crippen molar-refractivity contribution in [2.75, 3.05) is 26.7 Å². The average Bonchev–Trinajstić information content (AvgIpc) is 3.14. The van der Waals surface area contributed by atoms with Crippen molar-refractivity contribution in [2.24, 2.45) is 5.92 Å². The number of rotatable bonds is 9. The van der Waals surface area contributed by atoms with Gasteiger partial charge >= 0.3 is 6.18 Å². The summed E-state index contributed by atoms with van der Waals surface area (Å²) in [5.74, 6) is 0.532. The maximum atomic E-state index is 13.4. The van der Waals surface area contributed by atoms with Gasteiger partial charge in [-0.25, -0.2) is 0 Å². The minimum Gasteiger partial charge on any atom is -0.496 e. The van der Waals surface area contributed by atoms with E-state index >= 15 is 0 Å². The number of aryl methyl sites for hydroxylation is 1. The zero-order valence-electron chi connectivity index (χ0n) is 22.1. The molecule has 0 atom stereocenters. The average molecular weight is 533 g/mol. The third kappa shape index (κ3) is 6.40. The van der Waals surface area contributed by atoms with E-state index in [1.165, 1.54) is 7.11 Å². The summed E-state index contributed by atoms with van der Waals surface area (Å²) in [6.45, 7) is 6.49. The summed E-state index contributed by atoms with van der Waals surface area (Å²) in [4.78, 5) is 30.7. The minimum atomic E-state index is -4.10. The monoisotopic (exact) mass is 532 g/mol. The number of carbonyl (C=O) groups excluding carboxylic acids is 1. The molecule has 2 N–H and O–H groups in total. The van der Waals surface area contributed by atoms with Crippen LogP contribution in [0.3, 0.4) is 0 Å². The molecule has 0 radical (unpaired) electrons. The molecule has 206 valence electrons. The molecule has 1 saturated heterocycles. The number of pyridine rings is 1. The quantitative estimate of drug-likeness (QED) is 0.409. The van der Waals surface area contributed by atoms with Crippen LogP contribution in [-0.2, 0) is 13.1 Å². The standard InChI is InChI=1S/C28H35F3N4O3/c1-18-15-24(38-3)22(26(36)33-18)16-32-27(37)25-19(2)35(23-8-5-4-7-21(23)25)17-20-9-13-34(14-10-20)12-6-11-28(29,30)31/h4-5,7-8,15,20H,6,9-14,16-17H2,1-3H3,(H,32,37)(H,33,36). The number of aromatic nitrogens is 2. The molecule has 0 spiro atoms. The van der Waals surface area contributed by atoms with E-state index in [1.54, 1.807) is 13.0 Å². The molecule has 1 aliphatic heterocycles. The third-order valence-electron chi connectivity index (χ3n) is 7.42. The molecular weight excluding hydrogens is 497 g/mol. The van der Waals surface area contributed by atoms with Crippen LogP contribution in [-0.4, -0.2) is 53.3 Å². The summed E-state index contributed by atoms with van der Waals surface area (Å²) in [6, 6.07) is 9.49. The van der Waals surface area contributed by atoms with E-state index in [0.717, 1.165) is 49.1 Å². The summed E-state index contributed by atoms with van der Waals surface area (Å²) < 4.78 is 44.9. The van der Waals surface area contributed by atoms with Gasteiger partial charge in [-0.15, -0.1) is 0 Å². The highest BCUT2D eigenvalue weighted by Crippen LogP contribution is 2.30. The van der Waals surface area contributed by atoms with Gasteiger partial charge in [0, 0.05) is 35.3 Å². The topological polar surface area (TPSA) is 79.4 Å². The molecule has 1 fully saturated rings. The van der Waals surface area contributed by atoms with Gasteiger partial charge in [-0.2, -0.15) is 13.2 Å². The van der Waals surface area contributed by atoms with Crippen LogP contribution in [0.4, 0.5) is 13.2 Å². The van der Waals surface area contributed by atoms with Gasteiger partial charge in [0.15, 0.2) is 0 Å². The number of nitrogens with zero attached hydrogens (tertiary/aromatic N) is 2. The number of benzene rings is 1. The number of hydrogen-bond acceptors (Lipinski definition) is 4. The predicted molar refractivity (Wildman–Crippen MR) is 141 cm³/mol. The fourth-order valence-corrected chi connectivity index (χ4v) is 5.40. The van der Waals surface area contributed by atoms with Crippen LogP contribution in [0.1, 0.15) is 53.0 Å².